The second-order valence-corrected chi connectivity index (χ2v) is 4.08. The lowest BCUT2D eigenvalue weighted by Crippen LogP contribution is -2.21. The number of guanidine groups is 1. The Morgan fingerprint density at radius 1 is 1.32 bits per heavy atom. The molecule has 1 aromatic rings. The average molecular weight is 264 g/mol. The predicted molar refractivity (Wildman–Crippen MR) is 76.8 cm³/mol. The second kappa shape index (κ2) is 7.25. The van der Waals surface area contributed by atoms with Gasteiger partial charge in [-0.2, -0.15) is 5.10 Å². The zero-order chi connectivity index (χ0) is 14.3. The van der Waals surface area contributed by atoms with Crippen molar-refractivity contribution >= 4 is 12.2 Å². The quantitative estimate of drug-likeness (QED) is 0.462. The van der Waals surface area contributed by atoms with Gasteiger partial charge in [0.2, 0.25) is 5.96 Å². The highest BCUT2D eigenvalue weighted by Gasteiger charge is 2.07. The van der Waals surface area contributed by atoms with Crippen molar-refractivity contribution in [2.24, 2.45) is 21.7 Å². The van der Waals surface area contributed by atoms with Crippen LogP contribution in [0.3, 0.4) is 0 Å². The molecule has 104 valence electrons. The second-order valence-electron chi connectivity index (χ2n) is 4.08. The molecule has 0 fully saturated rings. The molecule has 0 bridgehead atoms. The van der Waals surface area contributed by atoms with Crippen molar-refractivity contribution in [3.63, 3.8) is 0 Å². The fraction of sp³-hybridized carbons (Fsp3) is 0.385. The summed E-state index contributed by atoms with van der Waals surface area (Å²) in [6.07, 6.45) is 1.63. The Hall–Kier alpha value is -2.24. The molecule has 0 aliphatic heterocycles. The normalized spacial score (nSPS) is 10.7. The summed E-state index contributed by atoms with van der Waals surface area (Å²) in [5, 5.41) is 7.29. The monoisotopic (exact) mass is 264 g/mol. The minimum absolute atomic E-state index is 0.0824. The first-order valence-electron chi connectivity index (χ1n) is 6.08. The molecule has 6 heteroatoms. The highest BCUT2D eigenvalue weighted by Crippen LogP contribution is 2.28. The highest BCUT2D eigenvalue weighted by molar-refractivity contribution is 5.82. The summed E-state index contributed by atoms with van der Waals surface area (Å²) >= 11 is 0. The highest BCUT2D eigenvalue weighted by atomic mass is 16.5. The molecule has 4 N–H and O–H groups in total. The van der Waals surface area contributed by atoms with Crippen molar-refractivity contribution in [2.75, 3.05) is 6.61 Å². The Morgan fingerprint density at radius 3 is 2.63 bits per heavy atom. The van der Waals surface area contributed by atoms with Crippen molar-refractivity contribution in [2.45, 2.75) is 26.9 Å². The van der Waals surface area contributed by atoms with Crippen molar-refractivity contribution < 1.29 is 9.47 Å². The standard InChI is InChI=1S/C13H20N4O2/c1-4-18-12-7-10(8-16-17-13(14)15)5-6-11(12)19-9(2)3/h5-9H,4H2,1-3H3,(H4,14,15,17)/b16-8-. The van der Waals surface area contributed by atoms with Gasteiger partial charge in [0.25, 0.3) is 0 Å². The van der Waals surface area contributed by atoms with E-state index < -0.39 is 0 Å². The first kappa shape index (κ1) is 14.8. The summed E-state index contributed by atoms with van der Waals surface area (Å²) < 4.78 is 11.2. The number of hydrogen-bond donors (Lipinski definition) is 2. The van der Waals surface area contributed by atoms with Crippen molar-refractivity contribution in [1.29, 1.82) is 0 Å². The van der Waals surface area contributed by atoms with Crippen LogP contribution in [0.25, 0.3) is 0 Å². The number of hydrogen-bond acceptors (Lipinski definition) is 4. The van der Waals surface area contributed by atoms with Gasteiger partial charge < -0.3 is 20.9 Å². The molecule has 0 saturated heterocycles. The van der Waals surface area contributed by atoms with E-state index in [0.717, 1.165) is 5.56 Å². The van der Waals surface area contributed by atoms with Crippen molar-refractivity contribution in [3.05, 3.63) is 23.8 Å². The van der Waals surface area contributed by atoms with Gasteiger partial charge >= 0.3 is 0 Å². The third-order valence-electron chi connectivity index (χ3n) is 2.01. The number of rotatable bonds is 6. The maximum Gasteiger partial charge on any atom is 0.211 e. The van der Waals surface area contributed by atoms with E-state index in [4.69, 9.17) is 20.9 Å². The molecule has 1 rings (SSSR count). The van der Waals surface area contributed by atoms with Crippen molar-refractivity contribution in [3.8, 4) is 11.5 Å². The summed E-state index contributed by atoms with van der Waals surface area (Å²) in [5.41, 5.74) is 11.2. The van der Waals surface area contributed by atoms with Gasteiger partial charge in [0.15, 0.2) is 11.5 Å². The maximum atomic E-state index is 5.66. The molecular weight excluding hydrogens is 244 g/mol. The third-order valence-corrected chi connectivity index (χ3v) is 2.01. The Bertz CT molecular complexity index is 466. The zero-order valence-corrected chi connectivity index (χ0v) is 11.5. The first-order chi connectivity index (χ1) is 9.02. The molecule has 1 aromatic carbocycles. The van der Waals surface area contributed by atoms with Crippen LogP contribution in [0.15, 0.2) is 28.4 Å². The average Bonchev–Trinajstić information content (AvgIpc) is 2.31. The molecule has 0 atom stereocenters. The molecule has 0 spiro atoms. The fourth-order valence-corrected chi connectivity index (χ4v) is 1.39. The molecule has 0 heterocycles. The number of benzene rings is 1. The molecule has 0 radical (unpaired) electrons. The first-order valence-corrected chi connectivity index (χ1v) is 6.08. The summed E-state index contributed by atoms with van der Waals surface area (Å²) in [4.78, 5) is 0. The Kier molecular flexibility index (Phi) is 5.66. The van der Waals surface area contributed by atoms with Crippen LogP contribution in [0.1, 0.15) is 26.3 Å². The fourth-order valence-electron chi connectivity index (χ4n) is 1.39. The Labute approximate surface area is 113 Å². The molecule has 0 aromatic heterocycles. The topological polar surface area (TPSA) is 95.2 Å². The van der Waals surface area contributed by atoms with Crippen molar-refractivity contribution in [1.82, 2.24) is 0 Å². The van der Waals surface area contributed by atoms with E-state index >= 15 is 0 Å². The van der Waals surface area contributed by atoms with E-state index in [0.29, 0.717) is 18.1 Å². The molecule has 0 aliphatic rings. The van der Waals surface area contributed by atoms with Crippen LogP contribution >= 0.6 is 0 Å². The molecule has 6 nitrogen and oxygen atoms in total. The molecular formula is C13H20N4O2. The minimum atomic E-state index is -0.0824. The largest absolute Gasteiger partial charge is 0.490 e. The molecule has 0 unspecified atom stereocenters. The van der Waals surface area contributed by atoms with Gasteiger partial charge in [-0.3, -0.25) is 0 Å². The summed E-state index contributed by atoms with van der Waals surface area (Å²) in [6, 6.07) is 5.51. The maximum absolute atomic E-state index is 5.66. The van der Waals surface area contributed by atoms with E-state index in [9.17, 15) is 0 Å². The van der Waals surface area contributed by atoms with Gasteiger partial charge in [-0.05, 0) is 44.5 Å². The smallest absolute Gasteiger partial charge is 0.211 e. The van der Waals surface area contributed by atoms with Gasteiger partial charge in [-0.25, -0.2) is 0 Å². The van der Waals surface area contributed by atoms with E-state index in [1.54, 1.807) is 6.21 Å². The SMILES string of the molecule is CCOc1cc(/C=N\N=C(N)N)ccc1OC(C)C. The van der Waals surface area contributed by atoms with E-state index in [2.05, 4.69) is 10.2 Å². The Balaban J connectivity index is 2.95. The zero-order valence-electron chi connectivity index (χ0n) is 11.5. The van der Waals surface area contributed by atoms with Crippen LogP contribution in [0, 0.1) is 0 Å². The van der Waals surface area contributed by atoms with Gasteiger partial charge in [0.1, 0.15) is 0 Å². The van der Waals surface area contributed by atoms with E-state index in [-0.39, 0.29) is 12.1 Å². The third kappa shape index (κ3) is 5.29. The number of nitrogens with zero attached hydrogens (tertiary/aromatic N) is 2. The molecule has 19 heavy (non-hydrogen) atoms. The van der Waals surface area contributed by atoms with E-state index in [1.165, 1.54) is 0 Å². The Morgan fingerprint density at radius 2 is 2.05 bits per heavy atom. The molecule has 0 aliphatic carbocycles. The van der Waals surface area contributed by atoms with Gasteiger partial charge in [0, 0.05) is 0 Å². The van der Waals surface area contributed by atoms with Crippen LogP contribution in [0.2, 0.25) is 0 Å². The summed E-state index contributed by atoms with van der Waals surface area (Å²) in [5.74, 6) is 1.29. The minimum Gasteiger partial charge on any atom is -0.490 e. The summed E-state index contributed by atoms with van der Waals surface area (Å²) in [6.45, 7) is 6.40. The lowest BCUT2D eigenvalue weighted by molar-refractivity contribution is 0.224. The summed E-state index contributed by atoms with van der Waals surface area (Å²) in [7, 11) is 0. The van der Waals surface area contributed by atoms with Gasteiger partial charge in [-0.15, -0.1) is 5.10 Å². The van der Waals surface area contributed by atoms with Crippen LogP contribution in [-0.4, -0.2) is 24.9 Å². The van der Waals surface area contributed by atoms with Gasteiger partial charge in [0.05, 0.1) is 18.9 Å². The lowest BCUT2D eigenvalue weighted by atomic mass is 10.2. The van der Waals surface area contributed by atoms with Crippen LogP contribution < -0.4 is 20.9 Å². The lowest BCUT2D eigenvalue weighted by Gasteiger charge is -2.14. The van der Waals surface area contributed by atoms with Gasteiger partial charge in [-0.1, -0.05) is 0 Å². The molecule has 0 amide bonds. The van der Waals surface area contributed by atoms with E-state index in [1.807, 2.05) is 39.0 Å². The van der Waals surface area contributed by atoms with Crippen LogP contribution in [0.4, 0.5) is 0 Å². The number of ether oxygens (including phenoxy) is 2. The predicted octanol–water partition coefficient (Wildman–Crippen LogP) is 1.48. The van der Waals surface area contributed by atoms with Crippen LogP contribution in [0.5, 0.6) is 11.5 Å². The number of nitrogens with two attached hydrogens (primary N) is 2. The van der Waals surface area contributed by atoms with Crippen LogP contribution in [-0.2, 0) is 0 Å². The molecule has 0 saturated carbocycles.